The number of hydrogen-bond acceptors (Lipinski definition) is 7. The number of carbonyl (C=O) groups excluding carboxylic acids is 1. The number of hydrogen-bond donors (Lipinski definition) is 2. The molecule has 1 aliphatic heterocycles. The highest BCUT2D eigenvalue weighted by atomic mass is 19.4. The van der Waals surface area contributed by atoms with Crippen LogP contribution in [0.15, 0.2) is 24.3 Å². The summed E-state index contributed by atoms with van der Waals surface area (Å²) in [5.74, 6) is -2.84. The summed E-state index contributed by atoms with van der Waals surface area (Å²) in [6, 6.07) is 6.44. The van der Waals surface area contributed by atoms with Gasteiger partial charge in [0.1, 0.15) is 0 Å². The van der Waals surface area contributed by atoms with Gasteiger partial charge in [0.25, 0.3) is 11.6 Å². The number of piperazine rings is 1. The summed E-state index contributed by atoms with van der Waals surface area (Å²) in [4.78, 5) is 33.5. The van der Waals surface area contributed by atoms with Crippen molar-refractivity contribution < 1.29 is 32.8 Å². The fourth-order valence-corrected chi connectivity index (χ4v) is 2.81. The lowest BCUT2D eigenvalue weighted by atomic mass is 10.1. The number of alkyl halides is 3. The average molecular weight is 458 g/mol. The van der Waals surface area contributed by atoms with Crippen LogP contribution in [0.4, 0.5) is 18.9 Å². The number of aryl methyl sites for hydroxylation is 2. The highest BCUT2D eigenvalue weighted by Gasteiger charge is 2.38. The number of nitrogens with one attached hydrogen (secondary N) is 1. The smallest absolute Gasteiger partial charge is 0.475 e. The Bertz CT molecular complexity index is 955. The highest BCUT2D eigenvalue weighted by Crippen LogP contribution is 2.14. The van der Waals surface area contributed by atoms with Gasteiger partial charge in [-0.2, -0.15) is 13.2 Å². The average Bonchev–Trinajstić information content (AvgIpc) is 3.12. The van der Waals surface area contributed by atoms with Crippen LogP contribution in [0.1, 0.15) is 21.7 Å². The first-order valence-corrected chi connectivity index (χ1v) is 9.44. The van der Waals surface area contributed by atoms with E-state index >= 15 is 0 Å². The van der Waals surface area contributed by atoms with Gasteiger partial charge in [0.15, 0.2) is 5.69 Å². The number of carboxylic acids is 1. The fourth-order valence-electron chi connectivity index (χ4n) is 2.81. The number of nitrogens with zero attached hydrogens (tertiary/aromatic N) is 5. The van der Waals surface area contributed by atoms with Crippen LogP contribution < -0.4 is 5.32 Å². The first kappa shape index (κ1) is 24.7. The maximum absolute atomic E-state index is 12.5. The molecule has 174 valence electrons. The van der Waals surface area contributed by atoms with Crippen LogP contribution in [0, 0.1) is 17.0 Å². The van der Waals surface area contributed by atoms with Crippen molar-refractivity contribution in [2.24, 2.45) is 0 Å². The van der Waals surface area contributed by atoms with Crippen LogP contribution in [0.5, 0.6) is 0 Å². The number of nitro groups is 1. The Morgan fingerprint density at radius 3 is 2.28 bits per heavy atom. The number of amides is 1. The summed E-state index contributed by atoms with van der Waals surface area (Å²) in [6.07, 6.45) is -4.43. The minimum absolute atomic E-state index is 0.0737. The molecule has 11 nitrogen and oxygen atoms in total. The van der Waals surface area contributed by atoms with Gasteiger partial charge in [-0.25, -0.2) is 9.48 Å². The van der Waals surface area contributed by atoms with Gasteiger partial charge in [0, 0.05) is 44.9 Å². The number of carboxylic acid groups (broad SMARTS) is 1. The number of halogens is 3. The molecular formula is C18H21F3N6O5. The second-order valence-corrected chi connectivity index (χ2v) is 6.77. The Labute approximate surface area is 180 Å². The third kappa shape index (κ3) is 6.73. The fraction of sp³-hybridized carbons (Fsp3) is 0.444. The molecule has 3 rings (SSSR count). The lowest BCUT2D eigenvalue weighted by molar-refractivity contribution is -0.384. The maximum atomic E-state index is 12.5. The van der Waals surface area contributed by atoms with Crippen molar-refractivity contribution >= 4 is 17.6 Å². The van der Waals surface area contributed by atoms with Crippen LogP contribution in [0.2, 0.25) is 0 Å². The van der Waals surface area contributed by atoms with E-state index in [4.69, 9.17) is 9.90 Å². The standard InChI is InChI=1S/C16H20N6O3.C2HF3O2/c1-12-15(16(23)20-10-7-17-8-11-20)18-19-21(12)9-6-13-2-4-14(5-3-13)22(24)25;3-2(4,5)1(6)7/h2-5,17H,6-11H2,1H3;(H,6,7). The van der Waals surface area contributed by atoms with Gasteiger partial charge in [0.05, 0.1) is 10.6 Å². The summed E-state index contributed by atoms with van der Waals surface area (Å²) in [6.45, 7) is 5.33. The van der Waals surface area contributed by atoms with Gasteiger partial charge in [0.2, 0.25) is 0 Å². The molecule has 1 saturated heterocycles. The van der Waals surface area contributed by atoms with E-state index in [0.717, 1.165) is 24.3 Å². The van der Waals surface area contributed by atoms with Gasteiger partial charge in [-0.05, 0) is 18.9 Å². The normalized spacial score (nSPS) is 13.8. The van der Waals surface area contributed by atoms with Crippen LogP contribution >= 0.6 is 0 Å². The second-order valence-electron chi connectivity index (χ2n) is 6.77. The largest absolute Gasteiger partial charge is 0.490 e. The van der Waals surface area contributed by atoms with Crippen molar-refractivity contribution in [1.82, 2.24) is 25.2 Å². The van der Waals surface area contributed by atoms with E-state index in [1.54, 1.807) is 21.7 Å². The second kappa shape index (κ2) is 10.7. The van der Waals surface area contributed by atoms with Crippen molar-refractivity contribution in [2.75, 3.05) is 26.2 Å². The molecule has 0 aliphatic carbocycles. The number of aliphatic carboxylic acids is 1. The van der Waals surface area contributed by atoms with Gasteiger partial charge in [-0.1, -0.05) is 17.3 Å². The highest BCUT2D eigenvalue weighted by molar-refractivity contribution is 5.93. The molecule has 0 unspecified atom stereocenters. The SMILES string of the molecule is Cc1c(C(=O)N2CCNCC2)nnn1CCc1ccc([N+](=O)[O-])cc1.O=C(O)C(F)(F)F. The van der Waals surface area contributed by atoms with E-state index in [1.165, 1.54) is 12.1 Å². The van der Waals surface area contributed by atoms with E-state index in [0.29, 0.717) is 31.7 Å². The summed E-state index contributed by atoms with van der Waals surface area (Å²) in [5.41, 5.74) is 2.18. The molecule has 0 radical (unpaired) electrons. The Morgan fingerprint density at radius 1 is 1.22 bits per heavy atom. The van der Waals surface area contributed by atoms with Crippen LogP contribution in [-0.4, -0.2) is 74.2 Å². The van der Waals surface area contributed by atoms with E-state index in [2.05, 4.69) is 15.6 Å². The molecule has 2 aromatic rings. The van der Waals surface area contributed by atoms with Crippen LogP contribution in [-0.2, 0) is 17.8 Å². The van der Waals surface area contributed by atoms with Gasteiger partial charge >= 0.3 is 12.1 Å². The molecule has 2 N–H and O–H groups in total. The predicted octanol–water partition coefficient (Wildman–Crippen LogP) is 1.42. The van der Waals surface area contributed by atoms with E-state index < -0.39 is 17.1 Å². The summed E-state index contributed by atoms with van der Waals surface area (Å²) in [7, 11) is 0. The molecule has 0 bridgehead atoms. The monoisotopic (exact) mass is 458 g/mol. The van der Waals surface area contributed by atoms with Gasteiger partial charge in [-0.15, -0.1) is 5.10 Å². The predicted molar refractivity (Wildman–Crippen MR) is 104 cm³/mol. The molecule has 0 atom stereocenters. The van der Waals surface area contributed by atoms with Gasteiger partial charge in [-0.3, -0.25) is 14.9 Å². The zero-order valence-corrected chi connectivity index (χ0v) is 17.0. The van der Waals surface area contributed by atoms with Crippen LogP contribution in [0.25, 0.3) is 0 Å². The number of aromatic nitrogens is 3. The quantitative estimate of drug-likeness (QED) is 0.506. The Morgan fingerprint density at radius 2 is 1.78 bits per heavy atom. The number of carbonyl (C=O) groups is 2. The van der Waals surface area contributed by atoms with E-state index in [1.807, 2.05) is 6.92 Å². The molecule has 14 heteroatoms. The summed E-state index contributed by atoms with van der Waals surface area (Å²) in [5, 5.41) is 29.2. The summed E-state index contributed by atoms with van der Waals surface area (Å²) >= 11 is 0. The first-order valence-electron chi connectivity index (χ1n) is 9.44. The third-order valence-electron chi connectivity index (χ3n) is 4.59. The van der Waals surface area contributed by atoms with Crippen LogP contribution in [0.3, 0.4) is 0 Å². The minimum atomic E-state index is -5.08. The van der Waals surface area contributed by atoms with Crippen molar-refractivity contribution in [2.45, 2.75) is 26.1 Å². The zero-order valence-electron chi connectivity index (χ0n) is 17.0. The third-order valence-corrected chi connectivity index (χ3v) is 4.59. The lowest BCUT2D eigenvalue weighted by Crippen LogP contribution is -2.46. The topological polar surface area (TPSA) is 143 Å². The molecule has 0 saturated carbocycles. The zero-order chi connectivity index (χ0) is 23.9. The summed E-state index contributed by atoms with van der Waals surface area (Å²) < 4.78 is 33.4. The van der Waals surface area contributed by atoms with Crippen molar-refractivity contribution in [3.63, 3.8) is 0 Å². The van der Waals surface area contributed by atoms with Crippen molar-refractivity contribution in [1.29, 1.82) is 0 Å². The van der Waals surface area contributed by atoms with E-state index in [-0.39, 0.29) is 11.6 Å². The van der Waals surface area contributed by atoms with Gasteiger partial charge < -0.3 is 15.3 Å². The Kier molecular flexibility index (Phi) is 8.23. The number of non-ortho nitro benzene ring substituents is 1. The lowest BCUT2D eigenvalue weighted by Gasteiger charge is -2.26. The number of benzene rings is 1. The molecule has 32 heavy (non-hydrogen) atoms. The molecule has 2 heterocycles. The molecular weight excluding hydrogens is 437 g/mol. The van der Waals surface area contributed by atoms with E-state index in [9.17, 15) is 28.1 Å². The molecule has 1 fully saturated rings. The molecule has 1 aromatic carbocycles. The molecule has 1 aliphatic rings. The first-order chi connectivity index (χ1) is 15.0. The molecule has 1 amide bonds. The number of nitro benzene ring substituents is 1. The maximum Gasteiger partial charge on any atom is 0.490 e. The molecule has 0 spiro atoms. The number of rotatable bonds is 5. The van der Waals surface area contributed by atoms with Crippen molar-refractivity contribution in [3.05, 3.63) is 51.3 Å². The van der Waals surface area contributed by atoms with Crippen molar-refractivity contribution in [3.8, 4) is 0 Å². The Balaban J connectivity index is 0.000000451. The Hall–Kier alpha value is -3.55. The molecule has 1 aromatic heterocycles. The minimum Gasteiger partial charge on any atom is -0.475 e.